The first-order valence-electron chi connectivity index (χ1n) is 6.23. The second-order valence-corrected chi connectivity index (χ2v) is 9.91. The number of H-pyrrole nitrogens is 1. The van der Waals surface area contributed by atoms with Crippen molar-refractivity contribution in [1.82, 2.24) is 19.8 Å². The van der Waals surface area contributed by atoms with E-state index in [0.717, 1.165) is 10.6 Å². The summed E-state index contributed by atoms with van der Waals surface area (Å²) in [6.45, 7) is 0.500. The Labute approximate surface area is 128 Å². The number of thioether (sulfide) groups is 1. The second-order valence-electron chi connectivity index (χ2n) is 4.73. The van der Waals surface area contributed by atoms with Crippen LogP contribution in [0, 0.1) is 0 Å². The summed E-state index contributed by atoms with van der Waals surface area (Å²) in [7, 11) is -5.72. The molecule has 1 unspecified atom stereocenters. The van der Waals surface area contributed by atoms with Crippen molar-refractivity contribution in [2.24, 2.45) is 0 Å². The highest BCUT2D eigenvalue weighted by atomic mass is 32.2. The van der Waals surface area contributed by atoms with E-state index in [1.165, 1.54) is 18.0 Å². The van der Waals surface area contributed by atoms with Gasteiger partial charge in [0.25, 0.3) is 10.0 Å². The van der Waals surface area contributed by atoms with Gasteiger partial charge in [0.15, 0.2) is 14.9 Å². The molecular formula is C10H18N4O4S3. The number of nitrogens with zero attached hydrogens (tertiary/aromatic N) is 2. The third kappa shape index (κ3) is 3.42. The lowest BCUT2D eigenvalue weighted by atomic mass is 10.4. The third-order valence-corrected chi connectivity index (χ3v) is 7.84. The lowest BCUT2D eigenvalue weighted by molar-refractivity contribution is 0.402. The summed E-state index contributed by atoms with van der Waals surface area (Å²) in [6.07, 6.45) is 2.49. The summed E-state index contributed by atoms with van der Waals surface area (Å²) < 4.78 is 50.3. The number of aromatic nitrogens is 2. The standard InChI is InChI=1S/C10H18N4O4S3/c1-11-5-8-6-12-13-10(8)21(17,18)14-3-4-19-7-9(14)20(2,15)16/h6,9,11H,3-5,7H2,1-2H3,(H,12,13). The zero-order valence-corrected chi connectivity index (χ0v) is 14.2. The zero-order valence-electron chi connectivity index (χ0n) is 11.7. The first-order chi connectivity index (χ1) is 9.78. The summed E-state index contributed by atoms with van der Waals surface area (Å²) in [5.41, 5.74) is 0.489. The van der Waals surface area contributed by atoms with Gasteiger partial charge in [-0.15, -0.1) is 0 Å². The van der Waals surface area contributed by atoms with Gasteiger partial charge in [-0.25, -0.2) is 16.8 Å². The van der Waals surface area contributed by atoms with Crippen LogP contribution < -0.4 is 5.32 Å². The Morgan fingerprint density at radius 3 is 2.81 bits per heavy atom. The van der Waals surface area contributed by atoms with Gasteiger partial charge in [-0.05, 0) is 7.05 Å². The molecule has 1 aromatic rings. The molecule has 1 atom stereocenters. The van der Waals surface area contributed by atoms with Crippen LogP contribution in [0.2, 0.25) is 0 Å². The van der Waals surface area contributed by atoms with Crippen molar-refractivity contribution in [2.45, 2.75) is 16.9 Å². The number of sulfone groups is 1. The van der Waals surface area contributed by atoms with Gasteiger partial charge in [-0.2, -0.15) is 21.2 Å². The SMILES string of the molecule is CNCc1cn[nH]c1S(=O)(=O)N1CCSCC1S(C)(=O)=O. The summed E-state index contributed by atoms with van der Waals surface area (Å²) >= 11 is 1.44. The van der Waals surface area contributed by atoms with Crippen molar-refractivity contribution in [3.8, 4) is 0 Å². The second kappa shape index (κ2) is 6.24. The molecule has 1 aromatic heterocycles. The molecule has 21 heavy (non-hydrogen) atoms. The van der Waals surface area contributed by atoms with Crippen LogP contribution in [0.1, 0.15) is 5.56 Å². The van der Waals surface area contributed by atoms with Crippen molar-refractivity contribution in [3.63, 3.8) is 0 Å². The Hall–Kier alpha value is -0.620. The third-order valence-electron chi connectivity index (χ3n) is 3.14. The first-order valence-corrected chi connectivity index (χ1v) is 10.8. The highest BCUT2D eigenvalue weighted by molar-refractivity contribution is 8.01. The number of hydrogen-bond acceptors (Lipinski definition) is 7. The van der Waals surface area contributed by atoms with Crippen molar-refractivity contribution in [1.29, 1.82) is 0 Å². The molecule has 0 bridgehead atoms. The van der Waals surface area contributed by atoms with E-state index in [1.54, 1.807) is 7.05 Å². The van der Waals surface area contributed by atoms with Gasteiger partial charge >= 0.3 is 0 Å². The molecule has 2 rings (SSSR count). The van der Waals surface area contributed by atoms with Crippen LogP contribution in [0.15, 0.2) is 11.2 Å². The van der Waals surface area contributed by atoms with Crippen molar-refractivity contribution in [2.75, 3.05) is 31.4 Å². The van der Waals surface area contributed by atoms with Gasteiger partial charge in [-0.1, -0.05) is 0 Å². The minimum atomic E-state index is -3.92. The first kappa shape index (κ1) is 16.7. The lowest BCUT2D eigenvalue weighted by Crippen LogP contribution is -2.50. The van der Waals surface area contributed by atoms with Gasteiger partial charge < -0.3 is 5.32 Å². The van der Waals surface area contributed by atoms with E-state index in [1.807, 2.05) is 0 Å². The van der Waals surface area contributed by atoms with Gasteiger partial charge in [0.2, 0.25) is 0 Å². The molecule has 0 amide bonds. The van der Waals surface area contributed by atoms with Crippen molar-refractivity contribution < 1.29 is 16.8 Å². The topological polar surface area (TPSA) is 112 Å². The van der Waals surface area contributed by atoms with E-state index < -0.39 is 25.2 Å². The van der Waals surface area contributed by atoms with Crippen LogP contribution in [-0.4, -0.2) is 68.1 Å². The molecule has 1 aliphatic heterocycles. The van der Waals surface area contributed by atoms with Gasteiger partial charge in [-0.3, -0.25) is 5.10 Å². The Morgan fingerprint density at radius 2 is 2.19 bits per heavy atom. The fraction of sp³-hybridized carbons (Fsp3) is 0.700. The van der Waals surface area contributed by atoms with Gasteiger partial charge in [0.1, 0.15) is 5.37 Å². The Morgan fingerprint density at radius 1 is 1.48 bits per heavy atom. The molecule has 0 spiro atoms. The predicted octanol–water partition coefficient (Wildman–Crippen LogP) is -0.763. The largest absolute Gasteiger partial charge is 0.316 e. The molecule has 1 fully saturated rings. The monoisotopic (exact) mass is 354 g/mol. The number of rotatable bonds is 5. The highest BCUT2D eigenvalue weighted by Gasteiger charge is 2.40. The molecule has 1 saturated heterocycles. The number of sulfonamides is 1. The average molecular weight is 354 g/mol. The maximum atomic E-state index is 12.8. The summed E-state index contributed by atoms with van der Waals surface area (Å²) in [5, 5.41) is 8.02. The highest BCUT2D eigenvalue weighted by Crippen LogP contribution is 2.27. The number of hydrogen-bond donors (Lipinski definition) is 2. The molecule has 0 aliphatic carbocycles. The Kier molecular flexibility index (Phi) is 4.98. The lowest BCUT2D eigenvalue weighted by Gasteiger charge is -2.32. The molecule has 0 saturated carbocycles. The minimum absolute atomic E-state index is 0.0441. The van der Waals surface area contributed by atoms with Crippen LogP contribution in [0.25, 0.3) is 0 Å². The maximum Gasteiger partial charge on any atom is 0.261 e. The molecule has 0 radical (unpaired) electrons. The van der Waals surface area contributed by atoms with Gasteiger partial charge in [0.05, 0.1) is 6.20 Å². The molecule has 0 aromatic carbocycles. The van der Waals surface area contributed by atoms with E-state index >= 15 is 0 Å². The average Bonchev–Trinajstić information content (AvgIpc) is 2.87. The van der Waals surface area contributed by atoms with Crippen LogP contribution in [-0.2, 0) is 26.4 Å². The number of nitrogens with one attached hydrogen (secondary N) is 2. The van der Waals surface area contributed by atoms with E-state index in [9.17, 15) is 16.8 Å². The smallest absolute Gasteiger partial charge is 0.261 e. The Balaban J connectivity index is 2.43. The van der Waals surface area contributed by atoms with Crippen LogP contribution >= 0.6 is 11.8 Å². The minimum Gasteiger partial charge on any atom is -0.316 e. The zero-order chi connectivity index (χ0) is 15.7. The molecule has 8 nitrogen and oxygen atoms in total. The molecule has 11 heteroatoms. The van der Waals surface area contributed by atoms with E-state index in [0.29, 0.717) is 17.9 Å². The fourth-order valence-electron chi connectivity index (χ4n) is 2.13. The van der Waals surface area contributed by atoms with Crippen LogP contribution in [0.4, 0.5) is 0 Å². The molecule has 1 aliphatic rings. The maximum absolute atomic E-state index is 12.8. The van der Waals surface area contributed by atoms with Crippen molar-refractivity contribution >= 4 is 31.6 Å². The molecule has 2 heterocycles. The van der Waals surface area contributed by atoms with Crippen molar-refractivity contribution in [3.05, 3.63) is 11.8 Å². The molecule has 120 valence electrons. The summed E-state index contributed by atoms with van der Waals surface area (Å²) in [5.74, 6) is 0.814. The fourth-order valence-corrected chi connectivity index (χ4v) is 7.41. The number of aromatic amines is 1. The normalized spacial score (nSPS) is 21.5. The summed E-state index contributed by atoms with van der Waals surface area (Å²) in [4.78, 5) is 0. The summed E-state index contributed by atoms with van der Waals surface area (Å²) in [6, 6.07) is 0. The molecule has 2 N–H and O–H groups in total. The van der Waals surface area contributed by atoms with E-state index in [4.69, 9.17) is 0 Å². The Bertz CT molecular complexity index is 698. The molecular weight excluding hydrogens is 336 g/mol. The quantitative estimate of drug-likeness (QED) is 0.714. The van der Waals surface area contributed by atoms with Crippen LogP contribution in [0.5, 0.6) is 0 Å². The van der Waals surface area contributed by atoms with E-state index in [-0.39, 0.29) is 17.3 Å². The van der Waals surface area contributed by atoms with E-state index in [2.05, 4.69) is 15.5 Å². The predicted molar refractivity (Wildman–Crippen MR) is 81.2 cm³/mol. The van der Waals surface area contributed by atoms with Crippen LogP contribution in [0.3, 0.4) is 0 Å². The van der Waals surface area contributed by atoms with Gasteiger partial charge in [0, 0.05) is 36.4 Å².